The van der Waals surface area contributed by atoms with Crippen LogP contribution in [0.5, 0.6) is 5.75 Å². The fourth-order valence-corrected chi connectivity index (χ4v) is 8.73. The van der Waals surface area contributed by atoms with Crippen LogP contribution < -0.4 is 4.90 Å². The largest absolute Gasteiger partial charge is 0.507 e. The lowest BCUT2D eigenvalue weighted by Crippen LogP contribution is -2.17. The zero-order chi connectivity index (χ0) is 44.9. The van der Waals surface area contributed by atoms with Gasteiger partial charge in [0.2, 0.25) is 0 Å². The molecule has 0 saturated heterocycles. The molecule has 0 unspecified atom stereocenters. The fourth-order valence-electron chi connectivity index (χ4n) is 8.73. The maximum atomic E-state index is 12.4. The summed E-state index contributed by atoms with van der Waals surface area (Å²) in [6, 6.07) is 62.9. The molecule has 0 saturated carbocycles. The third kappa shape index (κ3) is 7.93. The molecule has 7 aromatic carbocycles. The van der Waals surface area contributed by atoms with Crippen molar-refractivity contribution < 1.29 is 9.52 Å². The predicted octanol–water partition coefficient (Wildman–Crippen LogP) is 15.9. The number of hydrogen-bond acceptors (Lipinski definition) is 6. The monoisotopic (exact) mass is 846 g/mol. The molecule has 0 fully saturated rings. The van der Waals surface area contributed by atoms with Crippen LogP contribution in [0.15, 0.2) is 193 Å². The Balaban J connectivity index is 1.31. The van der Waals surface area contributed by atoms with E-state index in [-0.39, 0.29) is 16.6 Å². The standard InChI is InChI=1S/C59H50N4O2/c1-58(2,3)44-35-48(56(64)49(36-44)59(4,5)6)50-33-42(39-22-12-8-13-23-39)34-53(62-50)63(51-28-18-16-26-46(51)40-24-14-9-15-25-40)45-31-41(38-20-10-7-11-21-38)30-43(32-45)54-57-55(61-37-60-54)47-27-17-19-29-52(47)65-57/h7-37,64H,1-6H3. The molecule has 318 valence electrons. The van der Waals surface area contributed by atoms with E-state index in [1.165, 1.54) is 0 Å². The van der Waals surface area contributed by atoms with E-state index in [4.69, 9.17) is 19.4 Å². The van der Waals surface area contributed by atoms with Crippen molar-refractivity contribution in [1.29, 1.82) is 0 Å². The number of furan rings is 1. The quantitative estimate of drug-likeness (QED) is 0.164. The summed E-state index contributed by atoms with van der Waals surface area (Å²) in [7, 11) is 0. The molecule has 65 heavy (non-hydrogen) atoms. The number of benzene rings is 7. The van der Waals surface area contributed by atoms with Gasteiger partial charge in [-0.1, -0.05) is 169 Å². The third-order valence-electron chi connectivity index (χ3n) is 12.2. The molecule has 0 atom stereocenters. The topological polar surface area (TPSA) is 75.3 Å². The van der Waals surface area contributed by atoms with Crippen molar-refractivity contribution in [2.75, 3.05) is 4.90 Å². The lowest BCUT2D eigenvalue weighted by molar-refractivity contribution is 0.446. The zero-order valence-corrected chi connectivity index (χ0v) is 37.5. The minimum absolute atomic E-state index is 0.191. The van der Waals surface area contributed by atoms with Crippen molar-refractivity contribution in [3.8, 4) is 61.6 Å². The van der Waals surface area contributed by atoms with E-state index in [2.05, 4.69) is 186 Å². The van der Waals surface area contributed by atoms with E-state index in [0.29, 0.717) is 28.4 Å². The van der Waals surface area contributed by atoms with Gasteiger partial charge in [0, 0.05) is 33.3 Å². The maximum absolute atomic E-state index is 12.4. The van der Waals surface area contributed by atoms with Crippen molar-refractivity contribution >= 4 is 39.3 Å². The number of pyridine rings is 1. The van der Waals surface area contributed by atoms with E-state index >= 15 is 0 Å². The van der Waals surface area contributed by atoms with Gasteiger partial charge in [-0.3, -0.25) is 4.90 Å². The number of aromatic nitrogens is 3. The van der Waals surface area contributed by atoms with Gasteiger partial charge in [0.25, 0.3) is 0 Å². The molecular weight excluding hydrogens is 797 g/mol. The fraction of sp³-hybridized carbons (Fsp3) is 0.136. The van der Waals surface area contributed by atoms with Gasteiger partial charge < -0.3 is 9.52 Å². The molecule has 3 aromatic heterocycles. The van der Waals surface area contributed by atoms with Crippen LogP contribution >= 0.6 is 0 Å². The van der Waals surface area contributed by atoms with E-state index in [1.54, 1.807) is 6.33 Å². The van der Waals surface area contributed by atoms with Crippen LogP contribution in [0.3, 0.4) is 0 Å². The summed E-state index contributed by atoms with van der Waals surface area (Å²) in [6.07, 6.45) is 1.62. The Morgan fingerprint density at radius 1 is 0.508 bits per heavy atom. The number of para-hydroxylation sites is 2. The Morgan fingerprint density at radius 3 is 1.78 bits per heavy atom. The van der Waals surface area contributed by atoms with Gasteiger partial charge in [-0.25, -0.2) is 15.0 Å². The molecule has 0 aliphatic carbocycles. The third-order valence-corrected chi connectivity index (χ3v) is 12.2. The van der Waals surface area contributed by atoms with Crippen molar-refractivity contribution in [2.45, 2.75) is 52.4 Å². The van der Waals surface area contributed by atoms with Gasteiger partial charge in [0.1, 0.15) is 34.7 Å². The molecule has 0 radical (unpaired) electrons. The van der Waals surface area contributed by atoms with E-state index in [1.807, 2.05) is 42.5 Å². The van der Waals surface area contributed by atoms with Crippen LogP contribution in [-0.4, -0.2) is 20.1 Å². The number of rotatable bonds is 8. The summed E-state index contributed by atoms with van der Waals surface area (Å²) in [5.74, 6) is 0.910. The summed E-state index contributed by atoms with van der Waals surface area (Å²) < 4.78 is 6.56. The zero-order valence-electron chi connectivity index (χ0n) is 37.5. The van der Waals surface area contributed by atoms with Crippen LogP contribution in [0.2, 0.25) is 0 Å². The van der Waals surface area contributed by atoms with Crippen LogP contribution in [-0.2, 0) is 10.8 Å². The Labute approximate surface area is 380 Å². The lowest BCUT2D eigenvalue weighted by atomic mass is 9.78. The van der Waals surface area contributed by atoms with Crippen molar-refractivity contribution in [2.24, 2.45) is 0 Å². The highest BCUT2D eigenvalue weighted by Gasteiger charge is 2.28. The number of nitrogens with zero attached hydrogens (tertiary/aromatic N) is 4. The van der Waals surface area contributed by atoms with E-state index in [9.17, 15) is 5.11 Å². The van der Waals surface area contributed by atoms with Crippen LogP contribution in [0.25, 0.3) is 78.0 Å². The number of anilines is 3. The molecular formula is C59H50N4O2. The molecule has 0 bridgehead atoms. The summed E-state index contributed by atoms with van der Waals surface area (Å²) >= 11 is 0. The first-order valence-corrected chi connectivity index (χ1v) is 22.1. The average Bonchev–Trinajstić information content (AvgIpc) is 3.71. The molecule has 0 spiro atoms. The molecule has 10 aromatic rings. The number of phenols is 1. The Hall–Kier alpha value is -7.83. The minimum atomic E-state index is -0.332. The second-order valence-corrected chi connectivity index (χ2v) is 18.7. The molecule has 0 amide bonds. The van der Waals surface area contributed by atoms with Crippen LogP contribution in [0.1, 0.15) is 52.7 Å². The molecule has 1 N–H and O–H groups in total. The van der Waals surface area contributed by atoms with Gasteiger partial charge in [0.15, 0.2) is 5.58 Å². The molecule has 6 heteroatoms. The van der Waals surface area contributed by atoms with Crippen molar-refractivity contribution in [3.05, 3.63) is 199 Å². The Kier molecular flexibility index (Phi) is 10.4. The maximum Gasteiger partial charge on any atom is 0.180 e. The van der Waals surface area contributed by atoms with E-state index < -0.39 is 0 Å². The number of hydrogen-bond donors (Lipinski definition) is 1. The van der Waals surface area contributed by atoms with Gasteiger partial charge in [-0.15, -0.1) is 0 Å². The Morgan fingerprint density at radius 2 is 1.11 bits per heavy atom. The second kappa shape index (κ2) is 16.4. The smallest absolute Gasteiger partial charge is 0.180 e. The lowest BCUT2D eigenvalue weighted by Gasteiger charge is -2.30. The number of fused-ring (bicyclic) bond motifs is 3. The highest BCUT2D eigenvalue weighted by atomic mass is 16.3. The molecule has 10 rings (SSSR count). The van der Waals surface area contributed by atoms with Gasteiger partial charge in [-0.05, 0) is 98.8 Å². The first kappa shape index (κ1) is 41.2. The highest BCUT2D eigenvalue weighted by molar-refractivity contribution is 6.06. The number of phenolic OH excluding ortho intramolecular Hbond substituents is 1. The first-order chi connectivity index (χ1) is 31.4. The average molecular weight is 847 g/mol. The van der Waals surface area contributed by atoms with Crippen molar-refractivity contribution in [1.82, 2.24) is 15.0 Å². The minimum Gasteiger partial charge on any atom is -0.507 e. The second-order valence-electron chi connectivity index (χ2n) is 18.7. The van der Waals surface area contributed by atoms with Crippen LogP contribution in [0.4, 0.5) is 17.2 Å². The number of aromatic hydroxyl groups is 1. The van der Waals surface area contributed by atoms with Gasteiger partial charge >= 0.3 is 0 Å². The van der Waals surface area contributed by atoms with Crippen molar-refractivity contribution in [3.63, 3.8) is 0 Å². The van der Waals surface area contributed by atoms with Gasteiger partial charge in [-0.2, -0.15) is 0 Å². The molecule has 0 aliphatic heterocycles. The summed E-state index contributed by atoms with van der Waals surface area (Å²) in [6.45, 7) is 13.1. The SMILES string of the molecule is CC(C)(C)c1cc(-c2cc(-c3ccccc3)cc(N(c3cc(-c4ccccc4)cc(-c4ncnc5c4oc4ccccc45)c3)c3ccccc3-c3ccccc3)n2)c(O)c(C(C)(C)C)c1. The Bertz CT molecular complexity index is 3350. The van der Waals surface area contributed by atoms with Gasteiger partial charge in [0.05, 0.1) is 11.4 Å². The normalized spacial score (nSPS) is 11.9. The summed E-state index contributed by atoms with van der Waals surface area (Å²) in [5, 5.41) is 13.3. The summed E-state index contributed by atoms with van der Waals surface area (Å²) in [5.41, 5.74) is 14.4. The first-order valence-electron chi connectivity index (χ1n) is 22.1. The van der Waals surface area contributed by atoms with E-state index in [0.717, 1.165) is 77.9 Å². The van der Waals surface area contributed by atoms with Crippen LogP contribution in [0, 0.1) is 0 Å². The molecule has 6 nitrogen and oxygen atoms in total. The summed E-state index contributed by atoms with van der Waals surface area (Å²) in [4.78, 5) is 17.5. The molecule has 3 heterocycles. The predicted molar refractivity (Wildman–Crippen MR) is 268 cm³/mol. The highest BCUT2D eigenvalue weighted by Crippen LogP contribution is 2.47. The molecule has 0 aliphatic rings.